The van der Waals surface area contributed by atoms with Gasteiger partial charge in [-0.3, -0.25) is 15.5 Å². The van der Waals surface area contributed by atoms with Gasteiger partial charge in [-0.05, 0) is 36.4 Å². The summed E-state index contributed by atoms with van der Waals surface area (Å²) in [4.78, 5) is 26.1. The Kier molecular flexibility index (Phi) is 5.55. The van der Waals surface area contributed by atoms with Crippen LogP contribution in [0.15, 0.2) is 48.8 Å². The van der Waals surface area contributed by atoms with E-state index < -0.39 is 24.3 Å². The maximum atomic E-state index is 12.0. The summed E-state index contributed by atoms with van der Waals surface area (Å²) in [5, 5.41) is 2.21. The number of alkyl halides is 3. The summed E-state index contributed by atoms with van der Waals surface area (Å²) in [7, 11) is 0. The standard InChI is InChI=1S/C15H12F3N3O4/c16-15(17,18)14(23)25-12(19)13(22)21-9-3-5-10(6-4-9)24-11-2-1-7-20-8-11/h1-8,12H,19H2,(H,21,22). The first-order valence-corrected chi connectivity index (χ1v) is 6.78. The zero-order valence-corrected chi connectivity index (χ0v) is 12.5. The third kappa shape index (κ3) is 5.46. The number of pyridine rings is 1. The highest BCUT2D eigenvalue weighted by Gasteiger charge is 2.42. The number of carbonyl (C=O) groups is 2. The van der Waals surface area contributed by atoms with Gasteiger partial charge in [-0.25, -0.2) is 4.79 Å². The second-order valence-electron chi connectivity index (χ2n) is 4.63. The van der Waals surface area contributed by atoms with E-state index in [1.54, 1.807) is 18.3 Å². The molecule has 0 radical (unpaired) electrons. The monoisotopic (exact) mass is 355 g/mol. The van der Waals surface area contributed by atoms with Crippen molar-refractivity contribution >= 4 is 17.6 Å². The topological polar surface area (TPSA) is 104 Å². The molecule has 2 aromatic rings. The molecule has 2 rings (SSSR count). The maximum absolute atomic E-state index is 12.0. The first-order chi connectivity index (χ1) is 11.8. The average Bonchev–Trinajstić information content (AvgIpc) is 2.56. The quantitative estimate of drug-likeness (QED) is 0.630. The van der Waals surface area contributed by atoms with Crippen LogP contribution in [0, 0.1) is 0 Å². The van der Waals surface area contributed by atoms with Gasteiger partial charge in [0.05, 0.1) is 6.20 Å². The minimum absolute atomic E-state index is 0.224. The van der Waals surface area contributed by atoms with E-state index in [0.29, 0.717) is 11.5 Å². The van der Waals surface area contributed by atoms with Crippen LogP contribution < -0.4 is 15.8 Å². The van der Waals surface area contributed by atoms with Crippen LogP contribution in [0.3, 0.4) is 0 Å². The number of hydrogen-bond donors (Lipinski definition) is 2. The van der Waals surface area contributed by atoms with Crippen LogP contribution in [-0.4, -0.2) is 29.3 Å². The molecule has 3 N–H and O–H groups in total. The summed E-state index contributed by atoms with van der Waals surface area (Å²) in [6.07, 6.45) is -4.24. The van der Waals surface area contributed by atoms with E-state index in [2.05, 4.69) is 15.0 Å². The Morgan fingerprint density at radius 2 is 1.80 bits per heavy atom. The van der Waals surface area contributed by atoms with Gasteiger partial charge < -0.3 is 14.8 Å². The fourth-order valence-corrected chi connectivity index (χ4v) is 1.60. The Morgan fingerprint density at radius 3 is 2.36 bits per heavy atom. The third-order valence-corrected chi connectivity index (χ3v) is 2.72. The largest absolute Gasteiger partial charge is 0.490 e. The summed E-state index contributed by atoms with van der Waals surface area (Å²) in [5.41, 5.74) is 5.33. The number of benzene rings is 1. The summed E-state index contributed by atoms with van der Waals surface area (Å²) < 4.78 is 45.4. The Bertz CT molecular complexity index is 736. The first kappa shape index (κ1) is 18.2. The molecule has 1 atom stereocenters. The van der Waals surface area contributed by atoms with Crippen LogP contribution in [0.4, 0.5) is 18.9 Å². The normalized spacial score (nSPS) is 12.2. The molecule has 7 nitrogen and oxygen atoms in total. The van der Waals surface area contributed by atoms with Gasteiger partial charge in [0.2, 0.25) is 6.23 Å². The molecule has 0 saturated carbocycles. The molecule has 132 valence electrons. The third-order valence-electron chi connectivity index (χ3n) is 2.72. The lowest BCUT2D eigenvalue weighted by Gasteiger charge is -2.14. The molecule has 0 aliphatic rings. The van der Waals surface area contributed by atoms with E-state index in [4.69, 9.17) is 10.5 Å². The number of anilines is 1. The predicted octanol–water partition coefficient (Wildman–Crippen LogP) is 2.20. The number of nitrogens with one attached hydrogen (secondary N) is 1. The number of hydrogen-bond acceptors (Lipinski definition) is 6. The molecular formula is C15H12F3N3O4. The summed E-state index contributed by atoms with van der Waals surface area (Å²) >= 11 is 0. The molecule has 0 spiro atoms. The molecule has 1 heterocycles. The van der Waals surface area contributed by atoms with Gasteiger partial charge >= 0.3 is 12.1 Å². The van der Waals surface area contributed by atoms with Crippen LogP contribution in [0.1, 0.15) is 0 Å². The van der Waals surface area contributed by atoms with E-state index in [0.717, 1.165) is 0 Å². The van der Waals surface area contributed by atoms with Crippen molar-refractivity contribution in [3.63, 3.8) is 0 Å². The van der Waals surface area contributed by atoms with Crippen LogP contribution in [0.25, 0.3) is 0 Å². The number of carbonyl (C=O) groups excluding carboxylic acids is 2. The Labute approximate surface area is 139 Å². The first-order valence-electron chi connectivity index (χ1n) is 6.78. The van der Waals surface area contributed by atoms with Crippen molar-refractivity contribution in [2.45, 2.75) is 12.4 Å². The molecular weight excluding hydrogens is 343 g/mol. The Balaban J connectivity index is 1.92. The number of esters is 1. The number of rotatable bonds is 5. The van der Waals surface area contributed by atoms with Crippen molar-refractivity contribution in [2.75, 3.05) is 5.32 Å². The van der Waals surface area contributed by atoms with E-state index >= 15 is 0 Å². The van der Waals surface area contributed by atoms with Gasteiger partial charge in [0.15, 0.2) is 0 Å². The van der Waals surface area contributed by atoms with Crippen molar-refractivity contribution in [2.24, 2.45) is 5.73 Å². The second-order valence-corrected chi connectivity index (χ2v) is 4.63. The zero-order chi connectivity index (χ0) is 18.4. The fraction of sp³-hybridized carbons (Fsp3) is 0.133. The van der Waals surface area contributed by atoms with Crippen LogP contribution >= 0.6 is 0 Å². The van der Waals surface area contributed by atoms with Gasteiger partial charge in [-0.2, -0.15) is 13.2 Å². The second kappa shape index (κ2) is 7.62. The van der Waals surface area contributed by atoms with Crippen LogP contribution in [0.5, 0.6) is 11.5 Å². The molecule has 1 aromatic heterocycles. The predicted molar refractivity (Wildman–Crippen MR) is 79.5 cm³/mol. The SMILES string of the molecule is NC(OC(=O)C(F)(F)F)C(=O)Nc1ccc(Oc2cccnc2)cc1. The van der Waals surface area contributed by atoms with Crippen molar-refractivity contribution in [1.82, 2.24) is 4.98 Å². The molecule has 1 aromatic carbocycles. The van der Waals surface area contributed by atoms with Crippen molar-refractivity contribution in [1.29, 1.82) is 0 Å². The maximum Gasteiger partial charge on any atom is 0.490 e. The zero-order valence-electron chi connectivity index (χ0n) is 12.5. The Hall–Kier alpha value is -3.14. The molecule has 0 aliphatic carbocycles. The molecule has 10 heteroatoms. The van der Waals surface area contributed by atoms with Crippen LogP contribution in [-0.2, 0) is 14.3 Å². The van der Waals surface area contributed by atoms with E-state index in [1.807, 2.05) is 0 Å². The molecule has 0 aliphatic heterocycles. The van der Waals surface area contributed by atoms with Gasteiger partial charge in [0.1, 0.15) is 11.5 Å². The lowest BCUT2D eigenvalue weighted by Crippen LogP contribution is -2.42. The van der Waals surface area contributed by atoms with Crippen LogP contribution in [0.2, 0.25) is 0 Å². The highest BCUT2D eigenvalue weighted by atomic mass is 19.4. The average molecular weight is 355 g/mol. The number of ether oxygens (including phenoxy) is 2. The lowest BCUT2D eigenvalue weighted by atomic mass is 10.3. The van der Waals surface area contributed by atoms with Gasteiger partial charge in [-0.15, -0.1) is 0 Å². The number of halogens is 3. The van der Waals surface area contributed by atoms with Crippen molar-refractivity contribution < 1.29 is 32.2 Å². The van der Waals surface area contributed by atoms with E-state index in [-0.39, 0.29) is 5.69 Å². The smallest absolute Gasteiger partial charge is 0.456 e. The minimum atomic E-state index is -5.23. The number of nitrogens with two attached hydrogens (primary N) is 1. The van der Waals surface area contributed by atoms with Crippen molar-refractivity contribution in [3.8, 4) is 11.5 Å². The summed E-state index contributed by atoms with van der Waals surface area (Å²) in [5.74, 6) is -2.71. The minimum Gasteiger partial charge on any atom is -0.456 e. The highest BCUT2D eigenvalue weighted by molar-refractivity contribution is 5.95. The Morgan fingerprint density at radius 1 is 1.12 bits per heavy atom. The fourth-order valence-electron chi connectivity index (χ4n) is 1.60. The summed E-state index contributed by atoms with van der Waals surface area (Å²) in [6, 6.07) is 9.26. The molecule has 0 fully saturated rings. The molecule has 1 amide bonds. The lowest BCUT2D eigenvalue weighted by molar-refractivity contribution is -0.204. The van der Waals surface area contributed by atoms with E-state index in [9.17, 15) is 22.8 Å². The summed E-state index contributed by atoms with van der Waals surface area (Å²) in [6.45, 7) is 0. The number of aromatic nitrogens is 1. The van der Waals surface area contributed by atoms with Gasteiger partial charge in [0, 0.05) is 11.9 Å². The van der Waals surface area contributed by atoms with Gasteiger partial charge in [-0.1, -0.05) is 0 Å². The van der Waals surface area contributed by atoms with E-state index in [1.165, 1.54) is 30.5 Å². The number of nitrogens with zero attached hydrogens (tertiary/aromatic N) is 1. The molecule has 0 saturated heterocycles. The highest BCUT2D eigenvalue weighted by Crippen LogP contribution is 2.22. The molecule has 1 unspecified atom stereocenters. The van der Waals surface area contributed by atoms with Gasteiger partial charge in [0.25, 0.3) is 5.91 Å². The number of amides is 1. The van der Waals surface area contributed by atoms with Crippen molar-refractivity contribution in [3.05, 3.63) is 48.8 Å². The molecule has 25 heavy (non-hydrogen) atoms. The molecule has 0 bridgehead atoms.